The number of ether oxygens (including phenoxy) is 2. The minimum Gasteiger partial charge on any atom is -0.495 e. The van der Waals surface area contributed by atoms with Gasteiger partial charge in [0.1, 0.15) is 11.5 Å². The zero-order chi connectivity index (χ0) is 25.0. The van der Waals surface area contributed by atoms with E-state index in [9.17, 15) is 14.4 Å². The Bertz CT molecular complexity index is 1200. The van der Waals surface area contributed by atoms with Gasteiger partial charge in [0.05, 0.1) is 18.3 Å². The lowest BCUT2D eigenvalue weighted by Gasteiger charge is -2.08. The number of carbonyl (C=O) groups excluding carboxylic acids is 3. The van der Waals surface area contributed by atoms with Crippen molar-refractivity contribution in [2.24, 2.45) is 5.10 Å². The second-order valence-corrected chi connectivity index (χ2v) is 7.53. The number of amides is 3. The lowest BCUT2D eigenvalue weighted by molar-refractivity contribution is -0.136. The SMILES string of the molecule is COc1ccc(NC(=O)C(=O)N/N=C\c2ccc(OCC(=O)NCc3ccccc3)cc2)cc1Cl. The van der Waals surface area contributed by atoms with Crippen LogP contribution in [-0.4, -0.2) is 37.7 Å². The second-order valence-electron chi connectivity index (χ2n) is 7.12. The number of halogens is 1. The molecule has 10 heteroatoms. The highest BCUT2D eigenvalue weighted by molar-refractivity contribution is 6.40. The molecule has 0 aliphatic carbocycles. The van der Waals surface area contributed by atoms with Crippen LogP contribution in [-0.2, 0) is 20.9 Å². The first-order valence-electron chi connectivity index (χ1n) is 10.5. The van der Waals surface area contributed by atoms with E-state index in [4.69, 9.17) is 21.1 Å². The molecular formula is C25H23ClN4O5. The summed E-state index contributed by atoms with van der Waals surface area (Å²) < 4.78 is 10.5. The maximum atomic E-state index is 12.0. The fourth-order valence-corrected chi connectivity index (χ4v) is 3.05. The molecule has 0 fully saturated rings. The average Bonchev–Trinajstić information content (AvgIpc) is 2.87. The number of benzene rings is 3. The molecule has 0 aliphatic heterocycles. The van der Waals surface area contributed by atoms with E-state index in [0.717, 1.165) is 5.56 Å². The van der Waals surface area contributed by atoms with Crippen molar-refractivity contribution in [3.63, 3.8) is 0 Å². The molecule has 3 N–H and O–H groups in total. The molecule has 3 rings (SSSR count). The van der Waals surface area contributed by atoms with Crippen LogP contribution in [0.5, 0.6) is 11.5 Å². The van der Waals surface area contributed by atoms with E-state index in [0.29, 0.717) is 34.3 Å². The van der Waals surface area contributed by atoms with Crippen LogP contribution < -0.4 is 25.5 Å². The van der Waals surface area contributed by atoms with Crippen molar-refractivity contribution >= 4 is 41.2 Å². The van der Waals surface area contributed by atoms with Crippen LogP contribution >= 0.6 is 11.6 Å². The van der Waals surface area contributed by atoms with Gasteiger partial charge in [-0.15, -0.1) is 0 Å². The van der Waals surface area contributed by atoms with Crippen LogP contribution in [0.1, 0.15) is 11.1 Å². The summed E-state index contributed by atoms with van der Waals surface area (Å²) in [5.41, 5.74) is 4.13. The first-order chi connectivity index (χ1) is 16.9. The largest absolute Gasteiger partial charge is 0.495 e. The van der Waals surface area contributed by atoms with Gasteiger partial charge in [-0.2, -0.15) is 5.10 Å². The van der Waals surface area contributed by atoms with Gasteiger partial charge in [0, 0.05) is 12.2 Å². The second kappa shape index (κ2) is 12.8. The van der Waals surface area contributed by atoms with Crippen LogP contribution in [0, 0.1) is 0 Å². The van der Waals surface area contributed by atoms with Gasteiger partial charge >= 0.3 is 11.8 Å². The monoisotopic (exact) mass is 494 g/mol. The smallest absolute Gasteiger partial charge is 0.329 e. The summed E-state index contributed by atoms with van der Waals surface area (Å²) in [6.07, 6.45) is 1.37. The third kappa shape index (κ3) is 8.17. The van der Waals surface area contributed by atoms with Crippen LogP contribution in [0.15, 0.2) is 77.9 Å². The van der Waals surface area contributed by atoms with Gasteiger partial charge < -0.3 is 20.1 Å². The van der Waals surface area contributed by atoms with Gasteiger partial charge in [0.2, 0.25) is 0 Å². The zero-order valence-electron chi connectivity index (χ0n) is 18.8. The summed E-state index contributed by atoms with van der Waals surface area (Å²) in [6, 6.07) is 20.8. The fraction of sp³-hybridized carbons (Fsp3) is 0.120. The highest BCUT2D eigenvalue weighted by Gasteiger charge is 2.13. The average molecular weight is 495 g/mol. The molecule has 0 unspecified atom stereocenters. The van der Waals surface area contributed by atoms with E-state index >= 15 is 0 Å². The molecule has 0 saturated heterocycles. The summed E-state index contributed by atoms with van der Waals surface area (Å²) in [6.45, 7) is 0.306. The molecule has 0 spiro atoms. The Labute approximate surface area is 207 Å². The Balaban J connectivity index is 1.40. The maximum Gasteiger partial charge on any atom is 0.329 e. The van der Waals surface area contributed by atoms with Gasteiger partial charge in [0.15, 0.2) is 6.61 Å². The van der Waals surface area contributed by atoms with Gasteiger partial charge in [-0.1, -0.05) is 41.9 Å². The number of rotatable bonds is 9. The van der Waals surface area contributed by atoms with Gasteiger partial charge in [0.25, 0.3) is 5.91 Å². The number of anilines is 1. The number of hydrogen-bond donors (Lipinski definition) is 3. The van der Waals surface area contributed by atoms with E-state index in [-0.39, 0.29) is 12.5 Å². The van der Waals surface area contributed by atoms with E-state index in [1.165, 1.54) is 19.4 Å². The van der Waals surface area contributed by atoms with Crippen LogP contribution in [0.3, 0.4) is 0 Å². The van der Waals surface area contributed by atoms with Gasteiger partial charge in [-0.25, -0.2) is 5.43 Å². The first kappa shape index (κ1) is 25.3. The Morgan fingerprint density at radius 3 is 2.40 bits per heavy atom. The lowest BCUT2D eigenvalue weighted by Crippen LogP contribution is -2.32. The third-order valence-corrected chi connectivity index (χ3v) is 4.87. The molecule has 3 aromatic rings. The van der Waals surface area contributed by atoms with Crippen molar-refractivity contribution in [2.75, 3.05) is 19.0 Å². The molecule has 0 aromatic heterocycles. The summed E-state index contributed by atoms with van der Waals surface area (Å²) >= 11 is 6.00. The van der Waals surface area contributed by atoms with Crippen molar-refractivity contribution in [3.8, 4) is 11.5 Å². The molecule has 9 nitrogen and oxygen atoms in total. The number of nitrogens with one attached hydrogen (secondary N) is 3. The predicted molar refractivity (Wildman–Crippen MR) is 133 cm³/mol. The number of nitrogens with zero attached hydrogens (tertiary/aromatic N) is 1. The Morgan fingerprint density at radius 1 is 0.971 bits per heavy atom. The number of hydrazone groups is 1. The molecule has 0 atom stereocenters. The van der Waals surface area contributed by atoms with E-state index in [1.807, 2.05) is 30.3 Å². The normalized spacial score (nSPS) is 10.5. The number of carbonyl (C=O) groups is 3. The minimum atomic E-state index is -0.949. The highest BCUT2D eigenvalue weighted by Crippen LogP contribution is 2.27. The summed E-state index contributed by atoms with van der Waals surface area (Å²) in [5.74, 6) is -1.15. The van der Waals surface area contributed by atoms with Crippen molar-refractivity contribution < 1.29 is 23.9 Å². The van der Waals surface area contributed by atoms with Gasteiger partial charge in [-0.3, -0.25) is 14.4 Å². The molecule has 3 aromatic carbocycles. The molecule has 0 bridgehead atoms. The molecule has 0 aliphatic rings. The van der Waals surface area contributed by atoms with Crippen molar-refractivity contribution in [1.82, 2.24) is 10.7 Å². The number of methoxy groups -OCH3 is 1. The first-order valence-corrected chi connectivity index (χ1v) is 10.8. The predicted octanol–water partition coefficient (Wildman–Crippen LogP) is 3.13. The molecule has 0 saturated carbocycles. The molecule has 180 valence electrons. The minimum absolute atomic E-state index is 0.120. The van der Waals surface area contributed by atoms with E-state index in [2.05, 4.69) is 21.2 Å². The third-order valence-electron chi connectivity index (χ3n) is 4.58. The van der Waals surface area contributed by atoms with Crippen LogP contribution in [0.4, 0.5) is 5.69 Å². The molecule has 0 heterocycles. The molecule has 35 heavy (non-hydrogen) atoms. The topological polar surface area (TPSA) is 118 Å². The molecule has 3 amide bonds. The van der Waals surface area contributed by atoms with Crippen molar-refractivity contribution in [2.45, 2.75) is 6.54 Å². The summed E-state index contributed by atoms with van der Waals surface area (Å²) in [4.78, 5) is 35.9. The van der Waals surface area contributed by atoms with E-state index < -0.39 is 11.8 Å². The lowest BCUT2D eigenvalue weighted by atomic mass is 10.2. The Kier molecular flexibility index (Phi) is 9.21. The Morgan fingerprint density at radius 2 is 1.71 bits per heavy atom. The zero-order valence-corrected chi connectivity index (χ0v) is 19.5. The standard InChI is InChI=1S/C25H23ClN4O5/c1-34-22-12-9-19(13-21(22)26)29-24(32)25(33)30-28-15-18-7-10-20(11-8-18)35-16-23(31)27-14-17-5-3-2-4-6-17/h2-13,15H,14,16H2,1H3,(H,27,31)(H,29,32)(H,30,33)/b28-15-. The van der Waals surface area contributed by atoms with Gasteiger partial charge in [-0.05, 0) is 53.6 Å². The van der Waals surface area contributed by atoms with Crippen molar-refractivity contribution in [1.29, 1.82) is 0 Å². The molecule has 0 radical (unpaired) electrons. The van der Waals surface area contributed by atoms with Crippen LogP contribution in [0.25, 0.3) is 0 Å². The summed E-state index contributed by atoms with van der Waals surface area (Å²) in [5, 5.41) is 9.26. The van der Waals surface area contributed by atoms with Crippen LogP contribution in [0.2, 0.25) is 5.02 Å². The molecular weight excluding hydrogens is 472 g/mol. The van der Waals surface area contributed by atoms with E-state index in [1.54, 1.807) is 36.4 Å². The maximum absolute atomic E-state index is 12.0. The fourth-order valence-electron chi connectivity index (χ4n) is 2.79. The van der Waals surface area contributed by atoms with Crippen molar-refractivity contribution in [3.05, 3.63) is 88.9 Å². The highest BCUT2D eigenvalue weighted by atomic mass is 35.5. The number of hydrogen-bond acceptors (Lipinski definition) is 6. The summed E-state index contributed by atoms with van der Waals surface area (Å²) in [7, 11) is 1.47. The quantitative estimate of drug-likeness (QED) is 0.240. The Hall–Kier alpha value is -4.37.